The van der Waals surface area contributed by atoms with Crippen molar-refractivity contribution in [3.05, 3.63) is 28.8 Å². The Labute approximate surface area is 123 Å². The number of carbonyl (C=O) groups excluding carboxylic acids is 1. The van der Waals surface area contributed by atoms with Crippen molar-refractivity contribution >= 4 is 27.2 Å². The van der Waals surface area contributed by atoms with Crippen molar-refractivity contribution in [2.75, 3.05) is 25.2 Å². The number of nitrogens with one attached hydrogen (secondary N) is 1. The van der Waals surface area contributed by atoms with Gasteiger partial charge in [0.25, 0.3) is 0 Å². The molecule has 1 fully saturated rings. The van der Waals surface area contributed by atoms with E-state index in [9.17, 15) is 13.2 Å². The maximum atomic E-state index is 12.0. The van der Waals surface area contributed by atoms with Crippen LogP contribution in [0.3, 0.4) is 0 Å². The molecule has 7 heteroatoms. The summed E-state index contributed by atoms with van der Waals surface area (Å²) >= 11 is 5.96. The number of ether oxygens (including phenoxy) is 1. The van der Waals surface area contributed by atoms with Crippen molar-refractivity contribution in [2.45, 2.75) is 12.5 Å². The van der Waals surface area contributed by atoms with E-state index in [2.05, 4.69) is 5.32 Å². The third-order valence-corrected chi connectivity index (χ3v) is 5.32. The average molecular weight is 318 g/mol. The van der Waals surface area contributed by atoms with Crippen LogP contribution in [0.15, 0.2) is 18.2 Å². The van der Waals surface area contributed by atoms with Crippen LogP contribution in [-0.4, -0.2) is 45.4 Å². The van der Waals surface area contributed by atoms with Crippen LogP contribution in [0.1, 0.15) is 16.8 Å². The molecule has 2 rings (SSSR count). The summed E-state index contributed by atoms with van der Waals surface area (Å²) in [6, 6.07) is 4.68. The molecule has 110 valence electrons. The minimum Gasteiger partial charge on any atom is -0.495 e. The Morgan fingerprint density at radius 1 is 1.50 bits per heavy atom. The average Bonchev–Trinajstić information content (AvgIpc) is 2.75. The van der Waals surface area contributed by atoms with Crippen molar-refractivity contribution in [1.29, 1.82) is 0 Å². The zero-order chi connectivity index (χ0) is 14.8. The molecule has 0 spiro atoms. The summed E-state index contributed by atoms with van der Waals surface area (Å²) in [6.45, 7) is 0.100. The second-order valence-corrected chi connectivity index (χ2v) is 7.39. The molecule has 0 aromatic heterocycles. The minimum atomic E-state index is -2.94. The zero-order valence-electron chi connectivity index (χ0n) is 11.1. The summed E-state index contributed by atoms with van der Waals surface area (Å²) in [5.74, 6) is 0.675. The second kappa shape index (κ2) is 6.11. The number of hydrogen-bond acceptors (Lipinski definition) is 5. The summed E-state index contributed by atoms with van der Waals surface area (Å²) in [5, 5.41) is 3.36. The van der Waals surface area contributed by atoms with E-state index in [1.165, 1.54) is 7.11 Å². The molecule has 1 heterocycles. The number of benzene rings is 1. The highest BCUT2D eigenvalue weighted by Crippen LogP contribution is 2.25. The SMILES string of the molecule is COc1ccc(C(=O)CNC2CCS(=O)(=O)C2)cc1Cl. The van der Waals surface area contributed by atoms with Crippen molar-refractivity contribution in [2.24, 2.45) is 0 Å². The highest BCUT2D eigenvalue weighted by Gasteiger charge is 2.27. The lowest BCUT2D eigenvalue weighted by Crippen LogP contribution is -2.34. The Kier molecular flexibility index (Phi) is 4.67. The lowest BCUT2D eigenvalue weighted by Gasteiger charge is -2.10. The maximum Gasteiger partial charge on any atom is 0.176 e. The normalized spacial score (nSPS) is 20.8. The van der Waals surface area contributed by atoms with Crippen LogP contribution in [0.25, 0.3) is 0 Å². The Bertz CT molecular complexity index is 615. The largest absolute Gasteiger partial charge is 0.495 e. The van der Waals surface area contributed by atoms with Crippen LogP contribution in [0.4, 0.5) is 0 Å². The summed E-state index contributed by atoms with van der Waals surface area (Å²) in [5.41, 5.74) is 0.476. The first-order valence-electron chi connectivity index (χ1n) is 6.22. The van der Waals surface area contributed by atoms with Gasteiger partial charge in [0.2, 0.25) is 0 Å². The van der Waals surface area contributed by atoms with Crippen molar-refractivity contribution in [3.63, 3.8) is 0 Å². The number of Topliss-reactive ketones (excluding diaryl/α,β-unsaturated/α-hetero) is 1. The van der Waals surface area contributed by atoms with Crippen molar-refractivity contribution in [3.8, 4) is 5.75 Å². The molecule has 5 nitrogen and oxygen atoms in total. The number of sulfone groups is 1. The molecule has 1 unspecified atom stereocenters. The zero-order valence-corrected chi connectivity index (χ0v) is 12.6. The molecular formula is C13H16ClNO4S. The Balaban J connectivity index is 1.94. The number of hydrogen-bond donors (Lipinski definition) is 1. The van der Waals surface area contributed by atoms with Gasteiger partial charge in [0.05, 0.1) is 30.2 Å². The van der Waals surface area contributed by atoms with E-state index >= 15 is 0 Å². The fraction of sp³-hybridized carbons (Fsp3) is 0.462. The third-order valence-electron chi connectivity index (χ3n) is 3.26. The van der Waals surface area contributed by atoms with Gasteiger partial charge in [-0.25, -0.2) is 8.42 Å². The van der Waals surface area contributed by atoms with Gasteiger partial charge in [-0.1, -0.05) is 11.6 Å². The Morgan fingerprint density at radius 2 is 2.25 bits per heavy atom. The fourth-order valence-electron chi connectivity index (χ4n) is 2.13. The monoisotopic (exact) mass is 317 g/mol. The third kappa shape index (κ3) is 3.71. The van der Waals surface area contributed by atoms with Crippen LogP contribution < -0.4 is 10.1 Å². The standard InChI is InChI=1S/C13H16ClNO4S/c1-19-13-3-2-9(6-11(13)14)12(16)7-15-10-4-5-20(17,18)8-10/h2-3,6,10,15H,4-5,7-8H2,1H3. The minimum absolute atomic E-state index is 0.100. The molecular weight excluding hydrogens is 302 g/mol. The fourth-order valence-corrected chi connectivity index (χ4v) is 4.10. The number of methoxy groups -OCH3 is 1. The van der Waals surface area contributed by atoms with E-state index < -0.39 is 9.84 Å². The maximum absolute atomic E-state index is 12.0. The molecule has 0 aliphatic carbocycles. The number of halogens is 1. The van der Waals surface area contributed by atoms with Gasteiger partial charge >= 0.3 is 0 Å². The van der Waals surface area contributed by atoms with Crippen LogP contribution in [0.5, 0.6) is 5.75 Å². The number of ketones is 1. The van der Waals surface area contributed by atoms with Crippen LogP contribution in [0, 0.1) is 0 Å². The van der Waals surface area contributed by atoms with Gasteiger partial charge in [0, 0.05) is 11.6 Å². The van der Waals surface area contributed by atoms with Gasteiger partial charge in [0.15, 0.2) is 15.6 Å². The molecule has 0 radical (unpaired) electrons. The van der Waals surface area contributed by atoms with E-state index in [-0.39, 0.29) is 29.9 Å². The lowest BCUT2D eigenvalue weighted by atomic mass is 10.1. The summed E-state index contributed by atoms with van der Waals surface area (Å²) in [7, 11) is -1.43. The van der Waals surface area contributed by atoms with Gasteiger partial charge in [-0.05, 0) is 24.6 Å². The molecule has 1 saturated heterocycles. The Hall–Kier alpha value is -1.11. The van der Waals surface area contributed by atoms with Gasteiger partial charge in [0.1, 0.15) is 5.75 Å². The first-order chi connectivity index (χ1) is 9.41. The molecule has 1 N–H and O–H groups in total. The number of carbonyl (C=O) groups is 1. The van der Waals surface area contributed by atoms with Gasteiger partial charge in [-0.2, -0.15) is 0 Å². The molecule has 20 heavy (non-hydrogen) atoms. The van der Waals surface area contributed by atoms with E-state index in [1.54, 1.807) is 18.2 Å². The lowest BCUT2D eigenvalue weighted by molar-refractivity contribution is 0.0988. The topological polar surface area (TPSA) is 72.5 Å². The van der Waals surface area contributed by atoms with Crippen molar-refractivity contribution < 1.29 is 17.9 Å². The quantitative estimate of drug-likeness (QED) is 0.829. The van der Waals surface area contributed by atoms with E-state index in [1.807, 2.05) is 0 Å². The first-order valence-corrected chi connectivity index (χ1v) is 8.42. The summed E-state index contributed by atoms with van der Waals surface area (Å²) in [6.07, 6.45) is 0.555. The highest BCUT2D eigenvalue weighted by atomic mass is 35.5. The molecule has 1 aromatic carbocycles. The molecule has 0 saturated carbocycles. The molecule has 0 bridgehead atoms. The van der Waals surface area contributed by atoms with Gasteiger partial charge < -0.3 is 10.1 Å². The molecule has 1 aliphatic heterocycles. The molecule has 1 atom stereocenters. The van der Waals surface area contributed by atoms with E-state index in [4.69, 9.17) is 16.3 Å². The molecule has 1 aliphatic rings. The molecule has 1 aromatic rings. The van der Waals surface area contributed by atoms with E-state index in [0.717, 1.165) is 0 Å². The second-order valence-electron chi connectivity index (χ2n) is 4.75. The van der Waals surface area contributed by atoms with Crippen molar-refractivity contribution in [1.82, 2.24) is 5.32 Å². The predicted octanol–water partition coefficient (Wildman–Crippen LogP) is 1.31. The Morgan fingerprint density at radius 3 is 2.80 bits per heavy atom. The van der Waals surface area contributed by atoms with Crippen LogP contribution in [0.2, 0.25) is 5.02 Å². The predicted molar refractivity (Wildman–Crippen MR) is 77.4 cm³/mol. The van der Waals surface area contributed by atoms with E-state index in [0.29, 0.717) is 22.8 Å². The highest BCUT2D eigenvalue weighted by molar-refractivity contribution is 7.91. The molecule has 0 amide bonds. The number of rotatable bonds is 5. The first kappa shape index (κ1) is 15.3. The van der Waals surface area contributed by atoms with Gasteiger partial charge in [-0.15, -0.1) is 0 Å². The van der Waals surface area contributed by atoms with Gasteiger partial charge in [-0.3, -0.25) is 4.79 Å². The van der Waals surface area contributed by atoms with Crippen LogP contribution in [-0.2, 0) is 9.84 Å². The summed E-state index contributed by atoms with van der Waals surface area (Å²) < 4.78 is 27.6. The van der Waals surface area contributed by atoms with Crippen LogP contribution >= 0.6 is 11.6 Å². The smallest absolute Gasteiger partial charge is 0.176 e. The summed E-state index contributed by atoms with van der Waals surface area (Å²) in [4.78, 5) is 12.0.